The average molecular weight is 436 g/mol. The lowest BCUT2D eigenvalue weighted by Crippen LogP contribution is -2.26. The third kappa shape index (κ3) is 4.00. The van der Waals surface area contributed by atoms with Crippen LogP contribution in [0.2, 0.25) is 0 Å². The molecule has 19 heavy (non-hydrogen) atoms. The van der Waals surface area contributed by atoms with Gasteiger partial charge >= 0.3 is 0 Å². The number of nitrogens with zero attached hydrogens (tertiary/aromatic N) is 2. The van der Waals surface area contributed by atoms with Crippen LogP contribution in [-0.2, 0) is 6.42 Å². The van der Waals surface area contributed by atoms with Crippen molar-refractivity contribution in [2.24, 2.45) is 0 Å². The molecular formula is C12H11BrIN3O2. The summed E-state index contributed by atoms with van der Waals surface area (Å²) in [5.74, 6) is 1.02. The van der Waals surface area contributed by atoms with E-state index in [1.807, 2.05) is 12.1 Å². The topological polar surface area (TPSA) is 68.0 Å². The lowest BCUT2D eigenvalue weighted by atomic mass is 10.2. The molecule has 7 heteroatoms. The van der Waals surface area contributed by atoms with Crippen LogP contribution in [-0.4, -0.2) is 22.6 Å². The summed E-state index contributed by atoms with van der Waals surface area (Å²) in [5.41, 5.74) is 0.652. The highest BCUT2D eigenvalue weighted by Crippen LogP contribution is 2.18. The molecule has 2 aromatic rings. The van der Waals surface area contributed by atoms with E-state index in [0.29, 0.717) is 30.2 Å². The fourth-order valence-electron chi connectivity index (χ4n) is 1.50. The maximum Gasteiger partial charge on any atom is 0.252 e. The Hall–Kier alpha value is -0.960. The molecule has 0 saturated carbocycles. The van der Waals surface area contributed by atoms with Crippen molar-refractivity contribution < 1.29 is 9.32 Å². The van der Waals surface area contributed by atoms with Gasteiger partial charge in [-0.25, -0.2) is 0 Å². The highest BCUT2D eigenvalue weighted by atomic mass is 127. The fraction of sp³-hybridized carbons (Fsp3) is 0.250. The maximum absolute atomic E-state index is 12.0. The standard InChI is InChI=1S/C12H11BrIN3O2/c1-7-16-11(17-19-7)4-5-15-12(18)9-6-8(13)2-3-10(9)14/h2-3,6H,4-5H2,1H3,(H,15,18). The normalized spacial score (nSPS) is 10.5. The van der Waals surface area contributed by atoms with E-state index < -0.39 is 0 Å². The number of carbonyl (C=O) groups is 1. The van der Waals surface area contributed by atoms with Gasteiger partial charge in [0.2, 0.25) is 5.89 Å². The monoisotopic (exact) mass is 435 g/mol. The van der Waals surface area contributed by atoms with Gasteiger partial charge < -0.3 is 9.84 Å². The molecule has 2 rings (SSSR count). The second-order valence-electron chi connectivity index (χ2n) is 3.86. The minimum atomic E-state index is -0.106. The molecule has 0 radical (unpaired) electrons. The first kappa shape index (κ1) is 14.4. The zero-order chi connectivity index (χ0) is 13.8. The number of hydrogen-bond donors (Lipinski definition) is 1. The van der Waals surface area contributed by atoms with Crippen LogP contribution in [0.4, 0.5) is 0 Å². The first-order chi connectivity index (χ1) is 9.06. The molecule has 1 aromatic carbocycles. The predicted octanol–water partition coefficient (Wildman–Crippen LogP) is 2.72. The van der Waals surface area contributed by atoms with E-state index in [2.05, 4.69) is 54.0 Å². The molecule has 0 aliphatic carbocycles. The van der Waals surface area contributed by atoms with E-state index >= 15 is 0 Å². The highest BCUT2D eigenvalue weighted by Gasteiger charge is 2.10. The number of aryl methyl sites for hydroxylation is 1. The van der Waals surface area contributed by atoms with Crippen molar-refractivity contribution >= 4 is 44.4 Å². The first-order valence-corrected chi connectivity index (χ1v) is 7.46. The molecule has 0 aliphatic heterocycles. The highest BCUT2D eigenvalue weighted by molar-refractivity contribution is 14.1. The van der Waals surface area contributed by atoms with Crippen molar-refractivity contribution in [3.63, 3.8) is 0 Å². The molecule has 0 fully saturated rings. The molecule has 1 N–H and O–H groups in total. The second-order valence-corrected chi connectivity index (χ2v) is 5.94. The molecule has 100 valence electrons. The Morgan fingerprint density at radius 2 is 2.32 bits per heavy atom. The number of nitrogens with one attached hydrogen (secondary N) is 1. The quantitative estimate of drug-likeness (QED) is 0.749. The minimum Gasteiger partial charge on any atom is -0.352 e. The smallest absolute Gasteiger partial charge is 0.252 e. The molecule has 0 spiro atoms. The number of amides is 1. The summed E-state index contributed by atoms with van der Waals surface area (Å²) in [6, 6.07) is 5.60. The van der Waals surface area contributed by atoms with Crippen LogP contribution in [0, 0.1) is 10.5 Å². The molecular weight excluding hydrogens is 425 g/mol. The molecule has 0 saturated heterocycles. The maximum atomic E-state index is 12.0. The summed E-state index contributed by atoms with van der Waals surface area (Å²) in [6.45, 7) is 2.21. The van der Waals surface area contributed by atoms with Crippen LogP contribution in [0.3, 0.4) is 0 Å². The van der Waals surface area contributed by atoms with Gasteiger partial charge in [-0.2, -0.15) is 4.98 Å². The van der Waals surface area contributed by atoms with E-state index in [4.69, 9.17) is 4.52 Å². The van der Waals surface area contributed by atoms with Crippen LogP contribution in [0.1, 0.15) is 22.1 Å². The molecule has 0 unspecified atom stereocenters. The number of carbonyl (C=O) groups excluding carboxylic acids is 1. The lowest BCUT2D eigenvalue weighted by Gasteiger charge is -2.06. The van der Waals surface area contributed by atoms with Gasteiger partial charge in [-0.1, -0.05) is 21.1 Å². The third-order valence-electron chi connectivity index (χ3n) is 2.38. The predicted molar refractivity (Wildman–Crippen MR) is 81.9 cm³/mol. The van der Waals surface area contributed by atoms with Crippen molar-refractivity contribution in [3.8, 4) is 0 Å². The van der Waals surface area contributed by atoms with Crippen LogP contribution in [0.5, 0.6) is 0 Å². The fourth-order valence-corrected chi connectivity index (χ4v) is 2.44. The van der Waals surface area contributed by atoms with Crippen LogP contribution >= 0.6 is 38.5 Å². The first-order valence-electron chi connectivity index (χ1n) is 5.58. The van der Waals surface area contributed by atoms with E-state index in [-0.39, 0.29) is 5.91 Å². The van der Waals surface area contributed by atoms with Crippen LogP contribution in [0.15, 0.2) is 27.2 Å². The Balaban J connectivity index is 1.92. The summed E-state index contributed by atoms with van der Waals surface area (Å²) in [4.78, 5) is 16.1. The summed E-state index contributed by atoms with van der Waals surface area (Å²) < 4.78 is 6.65. The zero-order valence-corrected chi connectivity index (χ0v) is 13.9. The van der Waals surface area contributed by atoms with E-state index in [9.17, 15) is 4.79 Å². The molecule has 0 aliphatic rings. The van der Waals surface area contributed by atoms with Gasteiger partial charge in [-0.05, 0) is 40.8 Å². The summed E-state index contributed by atoms with van der Waals surface area (Å²) >= 11 is 5.49. The molecule has 1 aromatic heterocycles. The number of halogens is 2. The molecule has 1 amide bonds. The van der Waals surface area contributed by atoms with Crippen molar-refractivity contribution in [1.29, 1.82) is 0 Å². The Bertz CT molecular complexity index is 600. The van der Waals surface area contributed by atoms with E-state index in [1.54, 1.807) is 13.0 Å². The molecule has 1 heterocycles. The molecule has 0 atom stereocenters. The van der Waals surface area contributed by atoms with Gasteiger partial charge in [0.1, 0.15) is 0 Å². The Kier molecular flexibility index (Phi) is 4.92. The molecule has 5 nitrogen and oxygen atoms in total. The van der Waals surface area contributed by atoms with Gasteiger partial charge in [-0.3, -0.25) is 4.79 Å². The largest absolute Gasteiger partial charge is 0.352 e. The minimum absolute atomic E-state index is 0.106. The Morgan fingerprint density at radius 3 is 3.00 bits per heavy atom. The third-order valence-corrected chi connectivity index (χ3v) is 3.81. The summed E-state index contributed by atoms with van der Waals surface area (Å²) in [7, 11) is 0. The van der Waals surface area contributed by atoms with Crippen LogP contribution in [0.25, 0.3) is 0 Å². The summed E-state index contributed by atoms with van der Waals surface area (Å²) in [5, 5.41) is 6.61. The van der Waals surface area contributed by atoms with E-state index in [1.165, 1.54) is 0 Å². The second kappa shape index (κ2) is 6.47. The van der Waals surface area contributed by atoms with Crippen molar-refractivity contribution in [2.45, 2.75) is 13.3 Å². The van der Waals surface area contributed by atoms with Crippen molar-refractivity contribution in [1.82, 2.24) is 15.5 Å². The zero-order valence-electron chi connectivity index (χ0n) is 10.1. The van der Waals surface area contributed by atoms with Gasteiger partial charge in [0, 0.05) is 27.9 Å². The van der Waals surface area contributed by atoms with Gasteiger partial charge in [-0.15, -0.1) is 0 Å². The Labute approximate surface area is 132 Å². The number of benzene rings is 1. The SMILES string of the molecule is Cc1nc(CCNC(=O)c2cc(Br)ccc2I)no1. The average Bonchev–Trinajstić information content (AvgIpc) is 2.78. The van der Waals surface area contributed by atoms with Crippen molar-refractivity contribution in [3.05, 3.63) is 43.5 Å². The number of hydrogen-bond acceptors (Lipinski definition) is 4. The molecule has 0 bridgehead atoms. The van der Waals surface area contributed by atoms with Crippen molar-refractivity contribution in [2.75, 3.05) is 6.54 Å². The van der Waals surface area contributed by atoms with Crippen LogP contribution < -0.4 is 5.32 Å². The van der Waals surface area contributed by atoms with Gasteiger partial charge in [0.05, 0.1) is 5.56 Å². The number of rotatable bonds is 4. The van der Waals surface area contributed by atoms with Gasteiger partial charge in [0.25, 0.3) is 5.91 Å². The Morgan fingerprint density at radius 1 is 1.53 bits per heavy atom. The lowest BCUT2D eigenvalue weighted by molar-refractivity contribution is 0.0953. The summed E-state index contributed by atoms with van der Waals surface area (Å²) in [6.07, 6.45) is 0.549. The van der Waals surface area contributed by atoms with E-state index in [0.717, 1.165) is 8.04 Å². The van der Waals surface area contributed by atoms with Gasteiger partial charge in [0.15, 0.2) is 5.82 Å². The number of aromatic nitrogens is 2.